The molecule has 3 aliphatic heterocycles. The van der Waals surface area contributed by atoms with Crippen LogP contribution in [0.1, 0.15) is 23.4 Å². The second-order valence-electron chi connectivity index (χ2n) is 8.17. The highest BCUT2D eigenvalue weighted by molar-refractivity contribution is 5.78. The average Bonchev–Trinajstić information content (AvgIpc) is 3.24. The Labute approximate surface area is 163 Å². The Morgan fingerprint density at radius 1 is 1.21 bits per heavy atom. The molecule has 0 radical (unpaired) electrons. The van der Waals surface area contributed by atoms with Crippen molar-refractivity contribution in [1.82, 2.24) is 24.1 Å². The van der Waals surface area contributed by atoms with Crippen molar-refractivity contribution >= 4 is 5.91 Å². The summed E-state index contributed by atoms with van der Waals surface area (Å²) >= 11 is 0. The predicted molar refractivity (Wildman–Crippen MR) is 102 cm³/mol. The molecule has 1 aromatic heterocycles. The van der Waals surface area contributed by atoms with Crippen LogP contribution < -0.4 is 5.69 Å². The Morgan fingerprint density at radius 3 is 2.89 bits per heavy atom. The second kappa shape index (κ2) is 6.56. The van der Waals surface area contributed by atoms with Gasteiger partial charge in [-0.2, -0.15) is 5.10 Å². The first-order valence-electron chi connectivity index (χ1n) is 9.87. The van der Waals surface area contributed by atoms with Crippen LogP contribution >= 0.6 is 0 Å². The number of rotatable bonds is 2. The zero-order chi connectivity index (χ0) is 19.3. The van der Waals surface area contributed by atoms with E-state index in [1.165, 1.54) is 15.8 Å². The number of aromatic nitrogens is 3. The molecule has 2 aromatic rings. The first-order valence-corrected chi connectivity index (χ1v) is 9.87. The van der Waals surface area contributed by atoms with E-state index in [1.807, 2.05) is 4.90 Å². The van der Waals surface area contributed by atoms with E-state index >= 15 is 0 Å². The monoisotopic (exact) mass is 383 g/mol. The molecule has 4 heterocycles. The molecule has 0 saturated carbocycles. The van der Waals surface area contributed by atoms with Gasteiger partial charge in [-0.3, -0.25) is 14.3 Å². The lowest BCUT2D eigenvalue weighted by Gasteiger charge is -2.34. The SMILES string of the molecule is Cn1nc2n(c1=O)CC1(CCN(C(=O)CN3CCc4ccccc4C3)C1)OC2. The van der Waals surface area contributed by atoms with Crippen molar-refractivity contribution in [2.24, 2.45) is 7.05 Å². The maximum Gasteiger partial charge on any atom is 0.345 e. The Balaban J connectivity index is 1.24. The number of ether oxygens (including phenoxy) is 1. The molecule has 1 fully saturated rings. The lowest BCUT2D eigenvalue weighted by molar-refractivity contribution is -0.134. The summed E-state index contributed by atoms with van der Waals surface area (Å²) in [6.07, 6.45) is 1.74. The standard InChI is InChI=1S/C20H25N5O3/c1-22-19(27)25-14-20(28-12-17(25)21-22)7-9-24(13-20)18(26)11-23-8-6-15-4-2-3-5-16(15)10-23/h2-5H,6-14H2,1H3. The molecule has 1 unspecified atom stereocenters. The molecule has 5 rings (SSSR count). The van der Waals surface area contributed by atoms with E-state index in [0.717, 1.165) is 25.9 Å². The van der Waals surface area contributed by atoms with Crippen LogP contribution in [0, 0.1) is 0 Å². The van der Waals surface area contributed by atoms with Crippen LogP contribution in [-0.4, -0.2) is 61.8 Å². The number of amides is 1. The molecule has 1 spiro atoms. The maximum atomic E-state index is 12.9. The number of nitrogens with zero attached hydrogens (tertiary/aromatic N) is 5. The zero-order valence-corrected chi connectivity index (χ0v) is 16.1. The van der Waals surface area contributed by atoms with Crippen LogP contribution in [0.4, 0.5) is 0 Å². The predicted octanol–water partition coefficient (Wildman–Crippen LogP) is 0.141. The number of carbonyl (C=O) groups excluding carboxylic acids is 1. The lowest BCUT2D eigenvalue weighted by atomic mass is 10.00. The quantitative estimate of drug-likeness (QED) is 0.738. The molecular formula is C20H25N5O3. The minimum absolute atomic E-state index is 0.116. The van der Waals surface area contributed by atoms with Gasteiger partial charge in [-0.15, -0.1) is 0 Å². The normalized spacial score (nSPS) is 24.4. The van der Waals surface area contributed by atoms with E-state index in [2.05, 4.69) is 34.3 Å². The fourth-order valence-electron chi connectivity index (χ4n) is 4.66. The van der Waals surface area contributed by atoms with Crippen LogP contribution in [0.15, 0.2) is 29.1 Å². The molecule has 0 bridgehead atoms. The molecule has 0 N–H and O–H groups in total. The van der Waals surface area contributed by atoms with Gasteiger partial charge in [-0.25, -0.2) is 9.48 Å². The van der Waals surface area contributed by atoms with Crippen molar-refractivity contribution < 1.29 is 9.53 Å². The van der Waals surface area contributed by atoms with Gasteiger partial charge < -0.3 is 9.64 Å². The van der Waals surface area contributed by atoms with Gasteiger partial charge in [-0.1, -0.05) is 24.3 Å². The van der Waals surface area contributed by atoms with E-state index < -0.39 is 5.60 Å². The van der Waals surface area contributed by atoms with Gasteiger partial charge in [0, 0.05) is 26.7 Å². The van der Waals surface area contributed by atoms with Crippen LogP contribution in [0.25, 0.3) is 0 Å². The number of likely N-dealkylation sites (tertiary alicyclic amines) is 1. The topological polar surface area (TPSA) is 72.6 Å². The van der Waals surface area contributed by atoms with Crippen molar-refractivity contribution in [3.8, 4) is 0 Å². The van der Waals surface area contributed by atoms with Crippen molar-refractivity contribution in [3.05, 3.63) is 51.7 Å². The average molecular weight is 383 g/mol. The third-order valence-electron chi connectivity index (χ3n) is 6.28. The molecule has 1 amide bonds. The Morgan fingerprint density at radius 2 is 2.04 bits per heavy atom. The van der Waals surface area contributed by atoms with Gasteiger partial charge in [0.05, 0.1) is 19.6 Å². The van der Waals surface area contributed by atoms with Gasteiger partial charge >= 0.3 is 5.69 Å². The second-order valence-corrected chi connectivity index (χ2v) is 8.17. The fourth-order valence-corrected chi connectivity index (χ4v) is 4.66. The molecule has 1 atom stereocenters. The Hall–Kier alpha value is -2.45. The molecule has 8 heteroatoms. The van der Waals surface area contributed by atoms with E-state index in [4.69, 9.17) is 4.74 Å². The van der Waals surface area contributed by atoms with Crippen molar-refractivity contribution in [3.63, 3.8) is 0 Å². The molecule has 3 aliphatic rings. The van der Waals surface area contributed by atoms with Crippen molar-refractivity contribution in [2.75, 3.05) is 26.2 Å². The number of carbonyl (C=O) groups is 1. The minimum atomic E-state index is -0.468. The highest BCUT2D eigenvalue weighted by Crippen LogP contribution is 2.31. The van der Waals surface area contributed by atoms with Crippen LogP contribution in [0.2, 0.25) is 0 Å². The zero-order valence-electron chi connectivity index (χ0n) is 16.1. The number of benzene rings is 1. The summed E-state index contributed by atoms with van der Waals surface area (Å²) in [5.74, 6) is 0.805. The minimum Gasteiger partial charge on any atom is -0.363 e. The number of hydrogen-bond donors (Lipinski definition) is 0. The van der Waals surface area contributed by atoms with Crippen LogP contribution in [0.3, 0.4) is 0 Å². The largest absolute Gasteiger partial charge is 0.363 e. The summed E-state index contributed by atoms with van der Waals surface area (Å²) in [5, 5.41) is 4.21. The fraction of sp³-hybridized carbons (Fsp3) is 0.550. The van der Waals surface area contributed by atoms with Crippen molar-refractivity contribution in [1.29, 1.82) is 0 Å². The maximum absolute atomic E-state index is 12.9. The number of fused-ring (bicyclic) bond motifs is 2. The third-order valence-corrected chi connectivity index (χ3v) is 6.28. The third kappa shape index (κ3) is 2.97. The first kappa shape index (κ1) is 17.6. The molecule has 0 aliphatic carbocycles. The highest BCUT2D eigenvalue weighted by Gasteiger charge is 2.45. The molecule has 8 nitrogen and oxygen atoms in total. The first-order chi connectivity index (χ1) is 13.5. The van der Waals surface area contributed by atoms with Crippen LogP contribution in [-0.2, 0) is 42.7 Å². The van der Waals surface area contributed by atoms with E-state index in [9.17, 15) is 9.59 Å². The summed E-state index contributed by atoms with van der Waals surface area (Å²) in [4.78, 5) is 29.3. The smallest absolute Gasteiger partial charge is 0.345 e. The Kier molecular flexibility index (Phi) is 4.13. The summed E-state index contributed by atoms with van der Waals surface area (Å²) in [6.45, 7) is 4.17. The van der Waals surface area contributed by atoms with E-state index in [0.29, 0.717) is 38.6 Å². The van der Waals surface area contributed by atoms with Crippen molar-refractivity contribution in [2.45, 2.75) is 38.1 Å². The molecule has 1 saturated heterocycles. The number of hydrogen-bond acceptors (Lipinski definition) is 5. The number of aryl methyl sites for hydroxylation is 1. The van der Waals surface area contributed by atoms with Gasteiger partial charge in [0.1, 0.15) is 12.2 Å². The van der Waals surface area contributed by atoms with Gasteiger partial charge in [0.25, 0.3) is 0 Å². The van der Waals surface area contributed by atoms with E-state index in [-0.39, 0.29) is 11.6 Å². The molecule has 148 valence electrons. The molecular weight excluding hydrogens is 358 g/mol. The van der Waals surface area contributed by atoms with E-state index in [1.54, 1.807) is 11.6 Å². The van der Waals surface area contributed by atoms with Gasteiger partial charge in [0.2, 0.25) is 5.91 Å². The summed E-state index contributed by atoms with van der Waals surface area (Å²) in [5.41, 5.74) is 2.12. The van der Waals surface area contributed by atoms with Crippen LogP contribution in [0.5, 0.6) is 0 Å². The Bertz CT molecular complexity index is 980. The highest BCUT2D eigenvalue weighted by atomic mass is 16.5. The summed E-state index contributed by atoms with van der Waals surface area (Å²) < 4.78 is 9.14. The lowest BCUT2D eigenvalue weighted by Crippen LogP contribution is -2.48. The van der Waals surface area contributed by atoms with Gasteiger partial charge in [0.15, 0.2) is 5.82 Å². The van der Waals surface area contributed by atoms with Gasteiger partial charge in [-0.05, 0) is 24.0 Å². The molecule has 28 heavy (non-hydrogen) atoms. The summed E-state index contributed by atoms with van der Waals surface area (Å²) in [7, 11) is 1.65. The molecule has 1 aromatic carbocycles. The summed E-state index contributed by atoms with van der Waals surface area (Å²) in [6, 6.07) is 8.46.